The van der Waals surface area contributed by atoms with Crippen molar-refractivity contribution in [1.29, 1.82) is 5.41 Å². The van der Waals surface area contributed by atoms with E-state index in [9.17, 15) is 4.39 Å². The van der Waals surface area contributed by atoms with Gasteiger partial charge in [0.2, 0.25) is 0 Å². The molecular weight excluding hydrogens is 239 g/mol. The topological polar surface area (TPSA) is 75.7 Å². The van der Waals surface area contributed by atoms with E-state index < -0.39 is 0 Å². The molecule has 86 valence electrons. The van der Waals surface area contributed by atoms with Crippen LogP contribution in [0, 0.1) is 11.2 Å². The Bertz CT molecular complexity index is 541. The molecule has 0 aliphatic carbocycles. The van der Waals surface area contributed by atoms with Gasteiger partial charge in [-0.15, -0.1) is 0 Å². The van der Waals surface area contributed by atoms with Crippen LogP contribution >= 0.6 is 11.8 Å². The van der Waals surface area contributed by atoms with Gasteiger partial charge in [0.05, 0.1) is 0 Å². The fraction of sp³-hybridized carbons (Fsp3) is 0. The maximum Gasteiger partial charge on any atom is 0.144 e. The first kappa shape index (κ1) is 11.5. The predicted octanol–water partition coefficient (Wildman–Crippen LogP) is 2.05. The number of nitrogens with zero attached hydrogens (tertiary/aromatic N) is 2. The van der Waals surface area contributed by atoms with Crippen molar-refractivity contribution in [3.05, 3.63) is 48.2 Å². The SMILES string of the molecule is N=C(N)c1nccnc1Sc1ccc(F)cc1. The Hall–Kier alpha value is -1.95. The quantitative estimate of drug-likeness (QED) is 0.644. The van der Waals surface area contributed by atoms with Crippen LogP contribution in [0.1, 0.15) is 5.69 Å². The number of aromatic nitrogens is 2. The molecule has 0 fully saturated rings. The van der Waals surface area contributed by atoms with Crippen LogP contribution in [-0.4, -0.2) is 15.8 Å². The molecule has 1 aromatic heterocycles. The Morgan fingerprint density at radius 3 is 2.47 bits per heavy atom. The Labute approximate surface area is 102 Å². The Balaban J connectivity index is 2.30. The zero-order chi connectivity index (χ0) is 12.3. The second kappa shape index (κ2) is 4.92. The molecule has 1 aromatic carbocycles. The minimum atomic E-state index is -0.291. The summed E-state index contributed by atoms with van der Waals surface area (Å²) in [5, 5.41) is 7.91. The van der Waals surface area contributed by atoms with E-state index in [1.165, 1.54) is 36.3 Å². The smallest absolute Gasteiger partial charge is 0.144 e. The van der Waals surface area contributed by atoms with Gasteiger partial charge in [0, 0.05) is 17.3 Å². The van der Waals surface area contributed by atoms with Crippen molar-refractivity contribution in [2.24, 2.45) is 5.73 Å². The van der Waals surface area contributed by atoms with Crippen LogP contribution in [0.4, 0.5) is 4.39 Å². The summed E-state index contributed by atoms with van der Waals surface area (Å²) in [6.07, 6.45) is 3.00. The fourth-order valence-electron chi connectivity index (χ4n) is 1.20. The lowest BCUT2D eigenvalue weighted by Gasteiger charge is -2.04. The van der Waals surface area contributed by atoms with Crippen molar-refractivity contribution in [1.82, 2.24) is 9.97 Å². The minimum absolute atomic E-state index is 0.136. The van der Waals surface area contributed by atoms with E-state index in [0.717, 1.165) is 4.90 Å². The van der Waals surface area contributed by atoms with Crippen LogP contribution < -0.4 is 5.73 Å². The fourth-order valence-corrected chi connectivity index (χ4v) is 2.07. The van der Waals surface area contributed by atoms with Gasteiger partial charge < -0.3 is 5.73 Å². The van der Waals surface area contributed by atoms with Gasteiger partial charge in [0.15, 0.2) is 0 Å². The normalized spacial score (nSPS) is 10.2. The first-order chi connectivity index (χ1) is 8.16. The van der Waals surface area contributed by atoms with Crippen molar-refractivity contribution in [3.8, 4) is 0 Å². The molecule has 0 aliphatic heterocycles. The summed E-state index contributed by atoms with van der Waals surface area (Å²) in [5.74, 6) is -0.428. The van der Waals surface area contributed by atoms with Crippen molar-refractivity contribution in [2.75, 3.05) is 0 Å². The molecule has 0 aliphatic rings. The summed E-state index contributed by atoms with van der Waals surface area (Å²) >= 11 is 1.29. The molecule has 1 heterocycles. The highest BCUT2D eigenvalue weighted by atomic mass is 32.2. The number of hydrogen-bond donors (Lipinski definition) is 2. The van der Waals surface area contributed by atoms with Crippen molar-refractivity contribution >= 4 is 17.6 Å². The highest BCUT2D eigenvalue weighted by Crippen LogP contribution is 2.27. The van der Waals surface area contributed by atoms with Gasteiger partial charge >= 0.3 is 0 Å². The molecule has 0 unspecified atom stereocenters. The first-order valence-corrected chi connectivity index (χ1v) is 5.57. The summed E-state index contributed by atoms with van der Waals surface area (Å²) in [5.41, 5.74) is 5.73. The molecule has 0 bridgehead atoms. The van der Waals surface area contributed by atoms with E-state index in [1.54, 1.807) is 12.1 Å². The molecule has 6 heteroatoms. The second-order valence-electron chi connectivity index (χ2n) is 3.18. The van der Waals surface area contributed by atoms with Crippen molar-refractivity contribution < 1.29 is 4.39 Å². The maximum atomic E-state index is 12.7. The van der Waals surface area contributed by atoms with E-state index >= 15 is 0 Å². The predicted molar refractivity (Wildman–Crippen MR) is 63.6 cm³/mol. The van der Waals surface area contributed by atoms with E-state index in [-0.39, 0.29) is 11.7 Å². The number of rotatable bonds is 3. The number of nitrogen functional groups attached to an aromatic ring is 1. The van der Waals surface area contributed by atoms with Crippen LogP contribution in [-0.2, 0) is 0 Å². The maximum absolute atomic E-state index is 12.7. The molecule has 0 spiro atoms. The number of halogens is 1. The molecule has 0 radical (unpaired) electrons. The summed E-state index contributed by atoms with van der Waals surface area (Å²) in [4.78, 5) is 8.90. The van der Waals surface area contributed by atoms with Gasteiger partial charge in [-0.2, -0.15) is 0 Å². The molecule has 2 aromatic rings. The third-order valence-corrected chi connectivity index (χ3v) is 2.95. The zero-order valence-corrected chi connectivity index (χ0v) is 9.54. The van der Waals surface area contributed by atoms with Crippen LogP contribution in [0.3, 0.4) is 0 Å². The minimum Gasteiger partial charge on any atom is -0.382 e. The molecular formula is C11H9FN4S. The Kier molecular flexibility index (Phi) is 3.34. The Morgan fingerprint density at radius 1 is 1.18 bits per heavy atom. The molecule has 17 heavy (non-hydrogen) atoms. The zero-order valence-electron chi connectivity index (χ0n) is 8.72. The molecule has 0 saturated carbocycles. The number of nitrogens with one attached hydrogen (secondary N) is 1. The summed E-state index contributed by atoms with van der Waals surface area (Å²) in [7, 11) is 0. The molecule has 0 amide bonds. The van der Waals surface area contributed by atoms with Crippen molar-refractivity contribution in [2.45, 2.75) is 9.92 Å². The van der Waals surface area contributed by atoms with Gasteiger partial charge in [0.1, 0.15) is 22.4 Å². The molecule has 3 N–H and O–H groups in total. The number of amidine groups is 1. The van der Waals surface area contributed by atoms with Gasteiger partial charge in [-0.05, 0) is 24.3 Å². The van der Waals surface area contributed by atoms with E-state index in [0.29, 0.717) is 10.7 Å². The van der Waals surface area contributed by atoms with Gasteiger partial charge in [-0.25, -0.2) is 14.4 Å². The lowest BCUT2D eigenvalue weighted by atomic mass is 10.4. The molecule has 0 atom stereocenters. The average Bonchev–Trinajstić information content (AvgIpc) is 2.32. The molecule has 0 saturated heterocycles. The second-order valence-corrected chi connectivity index (χ2v) is 4.24. The molecule has 2 rings (SSSR count). The van der Waals surface area contributed by atoms with Crippen LogP contribution in [0.25, 0.3) is 0 Å². The van der Waals surface area contributed by atoms with E-state index in [2.05, 4.69) is 9.97 Å². The van der Waals surface area contributed by atoms with E-state index in [4.69, 9.17) is 11.1 Å². The first-order valence-electron chi connectivity index (χ1n) is 4.75. The third kappa shape index (κ3) is 2.79. The highest BCUT2D eigenvalue weighted by Gasteiger charge is 2.09. The van der Waals surface area contributed by atoms with Gasteiger partial charge in [0.25, 0.3) is 0 Å². The summed E-state index contributed by atoms with van der Waals surface area (Å²) in [6, 6.07) is 6.01. The van der Waals surface area contributed by atoms with Crippen LogP contribution in [0.2, 0.25) is 0 Å². The van der Waals surface area contributed by atoms with Crippen LogP contribution in [0.5, 0.6) is 0 Å². The highest BCUT2D eigenvalue weighted by molar-refractivity contribution is 7.99. The number of nitrogens with two attached hydrogens (primary N) is 1. The molecule has 4 nitrogen and oxygen atoms in total. The lowest BCUT2D eigenvalue weighted by molar-refractivity contribution is 0.626. The van der Waals surface area contributed by atoms with Crippen LogP contribution in [0.15, 0.2) is 46.6 Å². The number of benzene rings is 1. The largest absolute Gasteiger partial charge is 0.382 e. The third-order valence-electron chi connectivity index (χ3n) is 1.95. The Morgan fingerprint density at radius 2 is 1.82 bits per heavy atom. The lowest BCUT2D eigenvalue weighted by Crippen LogP contribution is -2.14. The average molecular weight is 248 g/mol. The van der Waals surface area contributed by atoms with Gasteiger partial charge in [-0.1, -0.05) is 11.8 Å². The van der Waals surface area contributed by atoms with Gasteiger partial charge in [-0.3, -0.25) is 5.41 Å². The summed E-state index contributed by atoms with van der Waals surface area (Å²) < 4.78 is 12.7. The van der Waals surface area contributed by atoms with E-state index in [1.807, 2.05) is 0 Å². The number of hydrogen-bond acceptors (Lipinski definition) is 4. The monoisotopic (exact) mass is 248 g/mol. The standard InChI is InChI=1S/C11H9FN4S/c12-7-1-3-8(4-2-7)17-11-9(10(13)14)15-5-6-16-11/h1-6H,(H3,13,14). The van der Waals surface area contributed by atoms with Crippen molar-refractivity contribution in [3.63, 3.8) is 0 Å². The summed E-state index contributed by atoms with van der Waals surface area (Å²) in [6.45, 7) is 0.